The number of hydrogen-bond donors (Lipinski definition) is 0. The number of cyclic esters (lactones) is 2. The molecule has 15 heavy (non-hydrogen) atoms. The number of ether oxygens (including phenoxy) is 1. The summed E-state index contributed by atoms with van der Waals surface area (Å²) in [6.07, 6.45) is 7.06. The Morgan fingerprint density at radius 1 is 0.933 bits per heavy atom. The lowest BCUT2D eigenvalue weighted by Gasteiger charge is -1.93. The van der Waals surface area contributed by atoms with Crippen LogP contribution in [-0.4, -0.2) is 11.9 Å². The first-order chi connectivity index (χ1) is 7.20. The van der Waals surface area contributed by atoms with Crippen molar-refractivity contribution in [3.05, 3.63) is 23.3 Å². The van der Waals surface area contributed by atoms with Crippen molar-refractivity contribution in [1.29, 1.82) is 0 Å². The third kappa shape index (κ3) is 2.78. The van der Waals surface area contributed by atoms with E-state index in [1.807, 2.05) is 13.8 Å². The zero-order chi connectivity index (χ0) is 11.3. The van der Waals surface area contributed by atoms with Gasteiger partial charge >= 0.3 is 11.9 Å². The van der Waals surface area contributed by atoms with Crippen LogP contribution in [0.25, 0.3) is 0 Å². The van der Waals surface area contributed by atoms with E-state index in [4.69, 9.17) is 0 Å². The van der Waals surface area contributed by atoms with Gasteiger partial charge < -0.3 is 4.74 Å². The van der Waals surface area contributed by atoms with Gasteiger partial charge in [-0.15, -0.1) is 0 Å². The predicted molar refractivity (Wildman–Crippen MR) is 57.1 cm³/mol. The van der Waals surface area contributed by atoms with E-state index in [-0.39, 0.29) is 0 Å². The molecule has 0 atom stereocenters. The lowest BCUT2D eigenvalue weighted by atomic mass is 10.1. The van der Waals surface area contributed by atoms with E-state index in [0.29, 0.717) is 11.1 Å². The molecule has 0 saturated carbocycles. The maximum absolute atomic E-state index is 11.3. The highest BCUT2D eigenvalue weighted by atomic mass is 16.6. The quantitative estimate of drug-likeness (QED) is 0.405. The van der Waals surface area contributed by atoms with Crippen molar-refractivity contribution >= 4 is 11.9 Å². The van der Waals surface area contributed by atoms with Gasteiger partial charge in [-0.05, 0) is 12.8 Å². The average molecular weight is 208 g/mol. The minimum atomic E-state index is -0.504. The van der Waals surface area contributed by atoms with Crippen LogP contribution < -0.4 is 0 Å². The molecule has 1 saturated heterocycles. The minimum absolute atomic E-state index is 0.440. The Bertz CT molecular complexity index is 292. The highest BCUT2D eigenvalue weighted by molar-refractivity contribution is 6.18. The topological polar surface area (TPSA) is 43.4 Å². The molecule has 0 aromatic rings. The molecule has 0 N–H and O–H groups in total. The number of rotatable bonds is 4. The molecule has 0 radical (unpaired) electrons. The highest BCUT2D eigenvalue weighted by Crippen LogP contribution is 2.23. The van der Waals surface area contributed by atoms with Crippen LogP contribution >= 0.6 is 0 Å². The number of unbranched alkanes of at least 4 members (excludes halogenated alkanes) is 2. The monoisotopic (exact) mass is 208 g/mol. The number of esters is 2. The Hall–Kier alpha value is -1.38. The lowest BCUT2D eigenvalue weighted by Crippen LogP contribution is -1.97. The average Bonchev–Trinajstić information content (AvgIpc) is 2.47. The van der Waals surface area contributed by atoms with E-state index in [9.17, 15) is 9.59 Å². The molecule has 0 spiro atoms. The summed E-state index contributed by atoms with van der Waals surface area (Å²) >= 11 is 0. The molecule has 0 aromatic carbocycles. The maximum atomic E-state index is 11.3. The first-order valence-corrected chi connectivity index (χ1v) is 5.37. The molecular weight excluding hydrogens is 192 g/mol. The van der Waals surface area contributed by atoms with Crippen LogP contribution in [0.3, 0.4) is 0 Å². The molecule has 1 rings (SSSR count). The molecule has 1 heterocycles. The van der Waals surface area contributed by atoms with E-state index in [1.54, 1.807) is 12.2 Å². The third-order valence-corrected chi connectivity index (χ3v) is 2.19. The summed E-state index contributed by atoms with van der Waals surface area (Å²) in [5, 5.41) is 0. The van der Waals surface area contributed by atoms with E-state index in [1.165, 1.54) is 0 Å². The molecule has 1 aliphatic rings. The van der Waals surface area contributed by atoms with Crippen LogP contribution in [0, 0.1) is 0 Å². The molecule has 0 aliphatic carbocycles. The maximum Gasteiger partial charge on any atom is 0.346 e. The van der Waals surface area contributed by atoms with Crippen molar-refractivity contribution in [2.75, 3.05) is 0 Å². The molecular formula is C12H16O3. The Morgan fingerprint density at radius 3 is 1.67 bits per heavy atom. The van der Waals surface area contributed by atoms with E-state index in [2.05, 4.69) is 4.74 Å². The lowest BCUT2D eigenvalue weighted by molar-refractivity contribution is -0.149. The van der Waals surface area contributed by atoms with Crippen molar-refractivity contribution in [3.63, 3.8) is 0 Å². The van der Waals surface area contributed by atoms with Crippen molar-refractivity contribution < 1.29 is 14.3 Å². The SMILES string of the molecule is CCCC=C1C(=O)OC(=O)C1=CCCC. The fourth-order valence-corrected chi connectivity index (χ4v) is 1.38. The molecule has 0 bridgehead atoms. The van der Waals surface area contributed by atoms with Gasteiger partial charge in [0.1, 0.15) is 0 Å². The fraction of sp³-hybridized carbons (Fsp3) is 0.500. The van der Waals surface area contributed by atoms with Crippen molar-refractivity contribution in [1.82, 2.24) is 0 Å². The minimum Gasteiger partial charge on any atom is -0.386 e. The van der Waals surface area contributed by atoms with Crippen molar-refractivity contribution in [2.24, 2.45) is 0 Å². The zero-order valence-electron chi connectivity index (χ0n) is 9.21. The van der Waals surface area contributed by atoms with Gasteiger partial charge in [-0.1, -0.05) is 38.8 Å². The third-order valence-electron chi connectivity index (χ3n) is 2.19. The second kappa shape index (κ2) is 5.49. The number of hydrogen-bond acceptors (Lipinski definition) is 3. The summed E-state index contributed by atoms with van der Waals surface area (Å²) in [6, 6.07) is 0. The number of allylic oxidation sites excluding steroid dienone is 2. The van der Waals surface area contributed by atoms with Gasteiger partial charge in [-0.25, -0.2) is 9.59 Å². The molecule has 1 fully saturated rings. The molecule has 3 nitrogen and oxygen atoms in total. The van der Waals surface area contributed by atoms with Crippen LogP contribution in [-0.2, 0) is 14.3 Å². The van der Waals surface area contributed by atoms with Crippen LogP contribution in [0.4, 0.5) is 0 Å². The van der Waals surface area contributed by atoms with Gasteiger partial charge in [0.05, 0.1) is 11.1 Å². The smallest absolute Gasteiger partial charge is 0.346 e. The highest BCUT2D eigenvalue weighted by Gasteiger charge is 2.32. The number of carbonyl (C=O) groups is 2. The van der Waals surface area contributed by atoms with Crippen LogP contribution in [0.15, 0.2) is 23.3 Å². The first kappa shape index (κ1) is 11.7. The summed E-state index contributed by atoms with van der Waals surface area (Å²) in [7, 11) is 0. The van der Waals surface area contributed by atoms with E-state index in [0.717, 1.165) is 25.7 Å². The van der Waals surface area contributed by atoms with Crippen molar-refractivity contribution in [2.45, 2.75) is 39.5 Å². The summed E-state index contributed by atoms with van der Waals surface area (Å²) < 4.78 is 4.57. The molecule has 0 amide bonds. The standard InChI is InChI=1S/C12H16O3/c1-3-5-7-9-10(8-6-4-2)12(14)15-11(9)13/h7-8H,3-6H2,1-2H3. The van der Waals surface area contributed by atoms with Gasteiger partial charge in [0.15, 0.2) is 0 Å². The van der Waals surface area contributed by atoms with E-state index < -0.39 is 11.9 Å². The predicted octanol–water partition coefficient (Wildman–Crippen LogP) is 2.52. The molecule has 1 aliphatic heterocycles. The second-order valence-electron chi connectivity index (χ2n) is 3.49. The van der Waals surface area contributed by atoms with Gasteiger partial charge in [-0.3, -0.25) is 0 Å². The van der Waals surface area contributed by atoms with Gasteiger partial charge in [-0.2, -0.15) is 0 Å². The summed E-state index contributed by atoms with van der Waals surface area (Å²) in [5.74, 6) is -1.01. The van der Waals surface area contributed by atoms with Crippen LogP contribution in [0.2, 0.25) is 0 Å². The molecule has 82 valence electrons. The Kier molecular flexibility index (Phi) is 4.28. The fourth-order valence-electron chi connectivity index (χ4n) is 1.38. The van der Waals surface area contributed by atoms with Crippen molar-refractivity contribution in [3.8, 4) is 0 Å². The molecule has 0 unspecified atom stereocenters. The first-order valence-electron chi connectivity index (χ1n) is 5.37. The van der Waals surface area contributed by atoms with Crippen LogP contribution in [0.5, 0.6) is 0 Å². The summed E-state index contributed by atoms with van der Waals surface area (Å²) in [6.45, 7) is 4.04. The van der Waals surface area contributed by atoms with E-state index >= 15 is 0 Å². The normalized spacial score (nSPS) is 21.5. The van der Waals surface area contributed by atoms with Crippen LogP contribution in [0.1, 0.15) is 39.5 Å². The second-order valence-corrected chi connectivity index (χ2v) is 3.49. The molecule has 3 heteroatoms. The summed E-state index contributed by atoms with van der Waals surface area (Å²) in [4.78, 5) is 22.6. The Labute approximate surface area is 89.8 Å². The molecule has 0 aromatic heterocycles. The zero-order valence-corrected chi connectivity index (χ0v) is 9.21. The van der Waals surface area contributed by atoms with Gasteiger partial charge in [0.25, 0.3) is 0 Å². The Balaban J connectivity index is 2.90. The number of carbonyl (C=O) groups excluding carboxylic acids is 2. The van der Waals surface area contributed by atoms with Gasteiger partial charge in [0, 0.05) is 0 Å². The van der Waals surface area contributed by atoms with Gasteiger partial charge in [0.2, 0.25) is 0 Å². The summed E-state index contributed by atoms with van der Waals surface area (Å²) in [5.41, 5.74) is 0.880. The largest absolute Gasteiger partial charge is 0.386 e. The Morgan fingerprint density at radius 2 is 1.33 bits per heavy atom.